The SMILES string of the molecule is C=C(CF)N=CC. The second-order valence-corrected chi connectivity index (χ2v) is 1.09. The van der Waals surface area contributed by atoms with Crippen LogP contribution in [0, 0.1) is 0 Å². The van der Waals surface area contributed by atoms with Gasteiger partial charge in [-0.2, -0.15) is 0 Å². The fourth-order valence-electron chi connectivity index (χ4n) is 0.217. The Morgan fingerprint density at radius 2 is 2.57 bits per heavy atom. The third-order valence-electron chi connectivity index (χ3n) is 0.466. The van der Waals surface area contributed by atoms with E-state index in [0.29, 0.717) is 0 Å². The molecular weight excluding hydrogens is 93.1 g/mol. The van der Waals surface area contributed by atoms with E-state index in [9.17, 15) is 4.39 Å². The lowest BCUT2D eigenvalue weighted by Gasteiger charge is -1.83. The van der Waals surface area contributed by atoms with Gasteiger partial charge in [0.15, 0.2) is 0 Å². The van der Waals surface area contributed by atoms with Crippen molar-refractivity contribution in [2.24, 2.45) is 4.99 Å². The largest absolute Gasteiger partial charge is 0.264 e. The molecule has 0 saturated heterocycles. The summed E-state index contributed by atoms with van der Waals surface area (Å²) in [5.41, 5.74) is 0.280. The van der Waals surface area contributed by atoms with Gasteiger partial charge in [0, 0.05) is 6.21 Å². The molecule has 0 heterocycles. The Kier molecular flexibility index (Phi) is 3.19. The van der Waals surface area contributed by atoms with Crippen LogP contribution in [0.2, 0.25) is 0 Å². The zero-order valence-corrected chi connectivity index (χ0v) is 4.32. The van der Waals surface area contributed by atoms with E-state index in [2.05, 4.69) is 11.6 Å². The lowest BCUT2D eigenvalue weighted by Crippen LogP contribution is -1.75. The Balaban J connectivity index is 3.37. The first kappa shape index (κ1) is 6.34. The molecule has 0 aromatic carbocycles. The smallest absolute Gasteiger partial charge is 0.131 e. The van der Waals surface area contributed by atoms with Gasteiger partial charge in [0.25, 0.3) is 0 Å². The predicted molar refractivity (Wildman–Crippen MR) is 29.3 cm³/mol. The summed E-state index contributed by atoms with van der Waals surface area (Å²) in [6, 6.07) is 0. The molecule has 0 aliphatic rings. The summed E-state index contributed by atoms with van der Waals surface area (Å²) >= 11 is 0. The highest BCUT2D eigenvalue weighted by Crippen LogP contribution is 1.88. The standard InChI is InChI=1S/C5H8FN/c1-3-7-5(2)4-6/h3H,2,4H2,1H3. The Labute approximate surface area is 42.6 Å². The molecule has 0 rings (SSSR count). The van der Waals surface area contributed by atoms with E-state index in [4.69, 9.17) is 0 Å². The van der Waals surface area contributed by atoms with E-state index in [0.717, 1.165) is 0 Å². The normalized spacial score (nSPS) is 10.0. The fraction of sp³-hybridized carbons (Fsp3) is 0.400. The number of hydrogen-bond acceptors (Lipinski definition) is 1. The van der Waals surface area contributed by atoms with E-state index < -0.39 is 6.67 Å². The maximum absolute atomic E-state index is 11.4. The lowest BCUT2D eigenvalue weighted by atomic mass is 10.6. The van der Waals surface area contributed by atoms with Crippen LogP contribution in [0.1, 0.15) is 6.92 Å². The highest BCUT2D eigenvalue weighted by atomic mass is 19.1. The van der Waals surface area contributed by atoms with E-state index in [1.807, 2.05) is 0 Å². The third kappa shape index (κ3) is 3.16. The van der Waals surface area contributed by atoms with Crippen molar-refractivity contribution in [1.82, 2.24) is 0 Å². The Morgan fingerprint density at radius 1 is 2.00 bits per heavy atom. The molecule has 2 heteroatoms. The summed E-state index contributed by atoms with van der Waals surface area (Å²) in [6.07, 6.45) is 1.52. The monoisotopic (exact) mass is 101 g/mol. The highest BCUT2D eigenvalue weighted by Gasteiger charge is 1.79. The average molecular weight is 101 g/mol. The first-order valence-corrected chi connectivity index (χ1v) is 2.03. The first-order chi connectivity index (χ1) is 3.31. The Morgan fingerprint density at radius 3 is 2.71 bits per heavy atom. The summed E-state index contributed by atoms with van der Waals surface area (Å²) in [5.74, 6) is 0. The van der Waals surface area contributed by atoms with Crippen LogP contribution in [0.25, 0.3) is 0 Å². The molecule has 7 heavy (non-hydrogen) atoms. The summed E-state index contributed by atoms with van der Waals surface area (Å²) in [7, 11) is 0. The van der Waals surface area contributed by atoms with Crippen molar-refractivity contribution >= 4 is 6.21 Å². The molecular formula is C5H8FN. The molecule has 0 amide bonds. The van der Waals surface area contributed by atoms with Crippen LogP contribution in [0.5, 0.6) is 0 Å². The Hall–Kier alpha value is -0.660. The summed E-state index contributed by atoms with van der Waals surface area (Å²) in [6.45, 7) is 4.46. The lowest BCUT2D eigenvalue weighted by molar-refractivity contribution is 0.542. The van der Waals surface area contributed by atoms with Crippen molar-refractivity contribution in [2.45, 2.75) is 6.92 Å². The minimum atomic E-state index is -0.551. The zero-order chi connectivity index (χ0) is 5.70. The van der Waals surface area contributed by atoms with Gasteiger partial charge in [-0.1, -0.05) is 6.58 Å². The van der Waals surface area contributed by atoms with Crippen LogP contribution in [0.4, 0.5) is 4.39 Å². The van der Waals surface area contributed by atoms with E-state index in [-0.39, 0.29) is 5.70 Å². The number of halogens is 1. The molecule has 0 fully saturated rings. The molecule has 0 aromatic heterocycles. The van der Waals surface area contributed by atoms with Crippen molar-refractivity contribution in [3.63, 3.8) is 0 Å². The van der Waals surface area contributed by atoms with Crippen molar-refractivity contribution in [2.75, 3.05) is 6.67 Å². The van der Waals surface area contributed by atoms with Gasteiger partial charge in [0.2, 0.25) is 0 Å². The maximum atomic E-state index is 11.4. The molecule has 0 aliphatic carbocycles. The second kappa shape index (κ2) is 3.53. The molecule has 0 unspecified atom stereocenters. The highest BCUT2D eigenvalue weighted by molar-refractivity contribution is 5.55. The average Bonchev–Trinajstić information content (AvgIpc) is 1.68. The van der Waals surface area contributed by atoms with Crippen LogP contribution >= 0.6 is 0 Å². The van der Waals surface area contributed by atoms with Crippen LogP contribution in [-0.2, 0) is 0 Å². The fourth-order valence-corrected chi connectivity index (χ4v) is 0.217. The number of nitrogens with zero attached hydrogens (tertiary/aromatic N) is 1. The number of rotatable bonds is 2. The van der Waals surface area contributed by atoms with Gasteiger partial charge < -0.3 is 0 Å². The molecule has 0 bridgehead atoms. The van der Waals surface area contributed by atoms with Crippen molar-refractivity contribution in [3.8, 4) is 0 Å². The minimum absolute atomic E-state index is 0.280. The number of aliphatic imine (C=N–C) groups is 1. The molecule has 0 radical (unpaired) electrons. The van der Waals surface area contributed by atoms with Gasteiger partial charge in [-0.15, -0.1) is 0 Å². The van der Waals surface area contributed by atoms with Crippen LogP contribution < -0.4 is 0 Å². The van der Waals surface area contributed by atoms with E-state index >= 15 is 0 Å². The van der Waals surface area contributed by atoms with Crippen LogP contribution in [-0.4, -0.2) is 12.9 Å². The molecule has 1 nitrogen and oxygen atoms in total. The maximum Gasteiger partial charge on any atom is 0.131 e. The molecule has 0 N–H and O–H groups in total. The number of allylic oxidation sites excluding steroid dienone is 1. The van der Waals surface area contributed by atoms with Gasteiger partial charge in [-0.3, -0.25) is 4.99 Å². The summed E-state index contributed by atoms with van der Waals surface area (Å²) < 4.78 is 11.4. The van der Waals surface area contributed by atoms with E-state index in [1.54, 1.807) is 6.92 Å². The third-order valence-corrected chi connectivity index (χ3v) is 0.466. The predicted octanol–water partition coefficient (Wildman–Crippen LogP) is 1.56. The van der Waals surface area contributed by atoms with Gasteiger partial charge in [0.1, 0.15) is 6.67 Å². The quantitative estimate of drug-likeness (QED) is 0.468. The number of alkyl halides is 1. The molecule has 0 aromatic rings. The summed E-state index contributed by atoms with van der Waals surface area (Å²) in [5, 5.41) is 0. The van der Waals surface area contributed by atoms with Gasteiger partial charge in [-0.05, 0) is 6.92 Å². The topological polar surface area (TPSA) is 12.4 Å². The van der Waals surface area contributed by atoms with Crippen molar-refractivity contribution < 1.29 is 4.39 Å². The van der Waals surface area contributed by atoms with Gasteiger partial charge in [-0.25, -0.2) is 4.39 Å². The van der Waals surface area contributed by atoms with Gasteiger partial charge in [0.05, 0.1) is 5.70 Å². The second-order valence-electron chi connectivity index (χ2n) is 1.09. The first-order valence-electron chi connectivity index (χ1n) is 2.03. The Bertz CT molecular complexity index is 86.1. The molecule has 0 atom stereocenters. The van der Waals surface area contributed by atoms with Crippen molar-refractivity contribution in [1.29, 1.82) is 0 Å². The number of hydrogen-bond donors (Lipinski definition) is 0. The molecule has 0 aliphatic heterocycles. The molecule has 0 spiro atoms. The minimum Gasteiger partial charge on any atom is -0.264 e. The van der Waals surface area contributed by atoms with Crippen LogP contribution in [0.3, 0.4) is 0 Å². The molecule has 0 saturated carbocycles. The zero-order valence-electron chi connectivity index (χ0n) is 4.32. The van der Waals surface area contributed by atoms with Crippen LogP contribution in [0.15, 0.2) is 17.3 Å². The van der Waals surface area contributed by atoms with E-state index in [1.165, 1.54) is 6.21 Å². The molecule has 40 valence electrons. The van der Waals surface area contributed by atoms with Gasteiger partial charge >= 0.3 is 0 Å². The summed E-state index contributed by atoms with van der Waals surface area (Å²) in [4.78, 5) is 3.55. The van der Waals surface area contributed by atoms with Crippen molar-refractivity contribution in [3.05, 3.63) is 12.3 Å².